The van der Waals surface area contributed by atoms with Gasteiger partial charge >= 0.3 is 12.1 Å². The molecule has 1 aliphatic heterocycles. The van der Waals surface area contributed by atoms with E-state index in [1.165, 1.54) is 0 Å². The highest BCUT2D eigenvalue weighted by Crippen LogP contribution is 2.20. The Morgan fingerprint density at radius 1 is 1.67 bits per heavy atom. The predicted octanol–water partition coefficient (Wildman–Crippen LogP) is -0.0743. The Labute approximate surface area is 82.2 Å². The number of aliphatic hydroxyl groups is 1. The van der Waals surface area contributed by atoms with Crippen molar-refractivity contribution < 1.29 is 27.8 Å². The van der Waals surface area contributed by atoms with E-state index in [4.69, 9.17) is 5.11 Å². The minimum atomic E-state index is -4.70. The van der Waals surface area contributed by atoms with E-state index >= 15 is 0 Å². The van der Waals surface area contributed by atoms with Crippen LogP contribution in [0.1, 0.15) is 0 Å². The van der Waals surface area contributed by atoms with Crippen molar-refractivity contribution in [3.8, 4) is 0 Å². The largest absolute Gasteiger partial charge is 0.465 e. The molecule has 0 fully saturated rings. The maximum Gasteiger partial charge on any atom is 0.449 e. The average Bonchev–Trinajstić information content (AvgIpc) is 2.15. The predicted molar refractivity (Wildman–Crippen MR) is 42.7 cm³/mol. The standard InChI is InChI=1S/C7H7F3N2O3/c1-15-5(14)3-2-11-6(7(8,9)10)12-4(3)13/h2,4,13H,1H3,(H,11,12). The number of rotatable bonds is 1. The van der Waals surface area contributed by atoms with Crippen LogP contribution in [0.5, 0.6) is 0 Å². The van der Waals surface area contributed by atoms with Gasteiger partial charge < -0.3 is 15.2 Å². The highest BCUT2D eigenvalue weighted by Gasteiger charge is 2.39. The van der Waals surface area contributed by atoms with Crippen molar-refractivity contribution in [1.82, 2.24) is 5.32 Å². The van der Waals surface area contributed by atoms with Crippen LogP contribution in [0.4, 0.5) is 13.2 Å². The molecule has 0 saturated carbocycles. The maximum absolute atomic E-state index is 12.1. The van der Waals surface area contributed by atoms with E-state index in [1.54, 1.807) is 5.32 Å². The Balaban J connectivity index is 2.84. The third-order valence-electron chi connectivity index (χ3n) is 1.58. The number of nitrogens with zero attached hydrogens (tertiary/aromatic N) is 1. The first kappa shape index (κ1) is 11.5. The molecule has 0 aliphatic carbocycles. The monoisotopic (exact) mass is 224 g/mol. The molecule has 1 unspecified atom stereocenters. The highest BCUT2D eigenvalue weighted by molar-refractivity contribution is 5.95. The fourth-order valence-electron chi connectivity index (χ4n) is 0.887. The minimum absolute atomic E-state index is 0.384. The van der Waals surface area contributed by atoms with E-state index < -0.39 is 24.2 Å². The number of halogens is 3. The van der Waals surface area contributed by atoms with Gasteiger partial charge in [-0.3, -0.25) is 0 Å². The number of carbonyl (C=O) groups is 1. The summed E-state index contributed by atoms with van der Waals surface area (Å²) in [5, 5.41) is 10.9. The molecule has 1 rings (SSSR count). The number of amidine groups is 1. The summed E-state index contributed by atoms with van der Waals surface area (Å²) in [6.07, 6.45) is -5.85. The number of nitrogens with one attached hydrogen (secondary N) is 1. The normalized spacial score (nSPS) is 21.3. The van der Waals surface area contributed by atoms with E-state index in [-0.39, 0.29) is 5.57 Å². The van der Waals surface area contributed by atoms with E-state index in [0.717, 1.165) is 7.11 Å². The van der Waals surface area contributed by atoms with Gasteiger partial charge in [-0.15, -0.1) is 0 Å². The Bertz CT molecular complexity index is 335. The lowest BCUT2D eigenvalue weighted by atomic mass is 10.2. The number of methoxy groups -OCH3 is 1. The Morgan fingerprint density at radius 3 is 2.67 bits per heavy atom. The van der Waals surface area contributed by atoms with Gasteiger partial charge in [-0.1, -0.05) is 0 Å². The summed E-state index contributed by atoms with van der Waals surface area (Å²) in [5.74, 6) is -2.30. The molecule has 0 amide bonds. The van der Waals surface area contributed by atoms with Crippen molar-refractivity contribution in [3.05, 3.63) is 11.8 Å². The number of carbonyl (C=O) groups excluding carboxylic acids is 1. The molecule has 1 aliphatic rings. The van der Waals surface area contributed by atoms with Crippen LogP contribution in [0.25, 0.3) is 0 Å². The Kier molecular flexibility index (Phi) is 2.98. The van der Waals surface area contributed by atoms with Crippen LogP contribution in [-0.2, 0) is 9.53 Å². The molecule has 0 saturated heterocycles. The number of aliphatic imine (C=N–C) groups is 1. The maximum atomic E-state index is 12.1. The minimum Gasteiger partial charge on any atom is -0.465 e. The van der Waals surface area contributed by atoms with Gasteiger partial charge in [-0.2, -0.15) is 13.2 Å². The fraction of sp³-hybridized carbons (Fsp3) is 0.429. The van der Waals surface area contributed by atoms with Gasteiger partial charge in [0.1, 0.15) is 5.57 Å². The molecule has 5 nitrogen and oxygen atoms in total. The zero-order valence-electron chi connectivity index (χ0n) is 7.50. The van der Waals surface area contributed by atoms with Crippen LogP contribution >= 0.6 is 0 Å². The summed E-state index contributed by atoms with van der Waals surface area (Å²) in [7, 11) is 1.04. The average molecular weight is 224 g/mol. The first-order valence-electron chi connectivity index (χ1n) is 3.74. The number of esters is 1. The third kappa shape index (κ3) is 2.46. The van der Waals surface area contributed by atoms with Crippen molar-refractivity contribution in [2.75, 3.05) is 7.11 Å². The van der Waals surface area contributed by atoms with Gasteiger partial charge in [0, 0.05) is 6.20 Å². The Hall–Kier alpha value is -1.57. The molecule has 0 aromatic heterocycles. The van der Waals surface area contributed by atoms with Gasteiger partial charge in [0.25, 0.3) is 0 Å². The Morgan fingerprint density at radius 2 is 2.27 bits per heavy atom. The van der Waals surface area contributed by atoms with E-state index in [2.05, 4.69) is 9.73 Å². The zero-order chi connectivity index (χ0) is 11.6. The molecular weight excluding hydrogens is 217 g/mol. The van der Waals surface area contributed by atoms with Crippen molar-refractivity contribution in [2.24, 2.45) is 4.99 Å². The number of hydrogen-bond donors (Lipinski definition) is 2. The second-order valence-electron chi connectivity index (χ2n) is 2.58. The number of hydrogen-bond acceptors (Lipinski definition) is 5. The first-order chi connectivity index (χ1) is 6.86. The summed E-state index contributed by atoms with van der Waals surface area (Å²) < 4.78 is 40.4. The molecule has 0 spiro atoms. The van der Waals surface area contributed by atoms with E-state index in [0.29, 0.717) is 6.20 Å². The fourth-order valence-corrected chi connectivity index (χ4v) is 0.887. The number of ether oxygens (including phenoxy) is 1. The number of alkyl halides is 3. The summed E-state index contributed by atoms with van der Waals surface area (Å²) in [6.45, 7) is 0. The van der Waals surface area contributed by atoms with Crippen LogP contribution in [0.3, 0.4) is 0 Å². The topological polar surface area (TPSA) is 70.9 Å². The summed E-state index contributed by atoms with van der Waals surface area (Å²) in [4.78, 5) is 13.8. The van der Waals surface area contributed by atoms with Gasteiger partial charge in [0.05, 0.1) is 7.11 Å². The van der Waals surface area contributed by atoms with Gasteiger partial charge in [0.2, 0.25) is 5.84 Å². The summed E-state index contributed by atoms with van der Waals surface area (Å²) in [5.41, 5.74) is -0.384. The van der Waals surface area contributed by atoms with Crippen molar-refractivity contribution in [3.63, 3.8) is 0 Å². The van der Waals surface area contributed by atoms with Crippen molar-refractivity contribution >= 4 is 11.8 Å². The van der Waals surface area contributed by atoms with Crippen molar-refractivity contribution in [1.29, 1.82) is 0 Å². The van der Waals surface area contributed by atoms with Crippen molar-refractivity contribution in [2.45, 2.75) is 12.4 Å². The molecule has 2 N–H and O–H groups in total. The molecule has 1 heterocycles. The molecular formula is C7H7F3N2O3. The smallest absolute Gasteiger partial charge is 0.449 e. The quantitative estimate of drug-likeness (QED) is 0.611. The van der Waals surface area contributed by atoms with Gasteiger partial charge in [-0.05, 0) is 0 Å². The second-order valence-corrected chi connectivity index (χ2v) is 2.58. The molecule has 1 atom stereocenters. The van der Waals surface area contributed by atoms with E-state index in [9.17, 15) is 18.0 Å². The molecule has 0 radical (unpaired) electrons. The molecule has 0 aromatic rings. The van der Waals surface area contributed by atoms with Crippen LogP contribution in [0.2, 0.25) is 0 Å². The number of aliphatic hydroxyl groups excluding tert-OH is 1. The molecule has 0 aromatic carbocycles. The summed E-state index contributed by atoms with van der Waals surface area (Å²) in [6, 6.07) is 0. The SMILES string of the molecule is COC(=O)C1=CNC(C(F)(F)F)=NC1O. The van der Waals surface area contributed by atoms with Crippen LogP contribution < -0.4 is 5.32 Å². The zero-order valence-corrected chi connectivity index (χ0v) is 7.50. The van der Waals surface area contributed by atoms with Crippen LogP contribution in [-0.4, -0.2) is 36.4 Å². The lowest BCUT2D eigenvalue weighted by molar-refractivity contribution is -0.137. The van der Waals surface area contributed by atoms with Gasteiger partial charge in [0.15, 0.2) is 6.23 Å². The van der Waals surface area contributed by atoms with Crippen LogP contribution in [0, 0.1) is 0 Å². The van der Waals surface area contributed by atoms with Crippen LogP contribution in [0.15, 0.2) is 16.8 Å². The lowest BCUT2D eigenvalue weighted by Gasteiger charge is -2.19. The second kappa shape index (κ2) is 3.89. The molecule has 84 valence electrons. The van der Waals surface area contributed by atoms with Gasteiger partial charge in [-0.25, -0.2) is 9.79 Å². The lowest BCUT2D eigenvalue weighted by Crippen LogP contribution is -2.40. The highest BCUT2D eigenvalue weighted by atomic mass is 19.4. The summed E-state index contributed by atoms with van der Waals surface area (Å²) >= 11 is 0. The van der Waals surface area contributed by atoms with E-state index in [1.807, 2.05) is 0 Å². The molecule has 15 heavy (non-hydrogen) atoms. The molecule has 0 bridgehead atoms. The molecule has 8 heteroatoms. The first-order valence-corrected chi connectivity index (χ1v) is 3.74. The third-order valence-corrected chi connectivity index (χ3v) is 1.58.